The fourth-order valence-electron chi connectivity index (χ4n) is 2.69. The van der Waals surface area contributed by atoms with Gasteiger partial charge in [-0.25, -0.2) is 4.98 Å². The van der Waals surface area contributed by atoms with Crippen molar-refractivity contribution in [1.82, 2.24) is 4.98 Å². The SMILES string of the molecule is NCC1CCCc2sc(Cc3ccc(Cl)cc3Cl)nc21. The average Bonchev–Trinajstić information content (AvgIpc) is 2.84. The van der Waals surface area contributed by atoms with Crippen LogP contribution in [0.5, 0.6) is 0 Å². The summed E-state index contributed by atoms with van der Waals surface area (Å²) >= 11 is 14.0. The molecule has 0 saturated carbocycles. The van der Waals surface area contributed by atoms with E-state index >= 15 is 0 Å². The molecule has 0 aliphatic heterocycles. The Kier molecular flexibility index (Phi) is 4.32. The molecule has 0 spiro atoms. The normalized spacial score (nSPS) is 18.1. The van der Waals surface area contributed by atoms with Gasteiger partial charge in [-0.2, -0.15) is 0 Å². The van der Waals surface area contributed by atoms with E-state index in [9.17, 15) is 0 Å². The van der Waals surface area contributed by atoms with Crippen molar-refractivity contribution >= 4 is 34.5 Å². The van der Waals surface area contributed by atoms with Crippen molar-refractivity contribution in [2.45, 2.75) is 31.6 Å². The zero-order chi connectivity index (χ0) is 14.1. The number of rotatable bonds is 3. The molecule has 0 radical (unpaired) electrons. The van der Waals surface area contributed by atoms with Gasteiger partial charge in [0.05, 0.1) is 10.7 Å². The maximum atomic E-state index is 6.23. The van der Waals surface area contributed by atoms with E-state index in [1.807, 2.05) is 12.1 Å². The number of hydrogen-bond donors (Lipinski definition) is 1. The number of hydrogen-bond acceptors (Lipinski definition) is 3. The van der Waals surface area contributed by atoms with Crippen LogP contribution in [0.3, 0.4) is 0 Å². The monoisotopic (exact) mass is 326 g/mol. The van der Waals surface area contributed by atoms with Crippen molar-refractivity contribution in [2.75, 3.05) is 6.54 Å². The molecule has 1 aliphatic rings. The van der Waals surface area contributed by atoms with Crippen LogP contribution in [-0.2, 0) is 12.8 Å². The van der Waals surface area contributed by atoms with E-state index in [-0.39, 0.29) is 0 Å². The predicted octanol–water partition coefficient (Wildman–Crippen LogP) is 4.42. The number of nitrogens with zero attached hydrogens (tertiary/aromatic N) is 1. The number of nitrogens with two attached hydrogens (primary N) is 1. The maximum absolute atomic E-state index is 6.23. The van der Waals surface area contributed by atoms with Crippen molar-refractivity contribution in [3.63, 3.8) is 0 Å². The van der Waals surface area contributed by atoms with Crippen LogP contribution >= 0.6 is 34.5 Å². The molecule has 1 aliphatic carbocycles. The Labute approximate surface area is 132 Å². The van der Waals surface area contributed by atoms with Crippen LogP contribution in [-0.4, -0.2) is 11.5 Å². The standard InChI is InChI=1S/C15H16Cl2N2S/c16-11-5-4-9(12(17)7-11)6-14-19-15-10(8-18)2-1-3-13(15)20-14/h4-5,7,10H,1-3,6,8,18H2. The first-order chi connectivity index (χ1) is 9.67. The Hall–Kier alpha value is -0.610. The fraction of sp³-hybridized carbons (Fsp3) is 0.400. The lowest BCUT2D eigenvalue weighted by molar-refractivity contribution is 0.553. The Morgan fingerprint density at radius 1 is 1.35 bits per heavy atom. The molecular formula is C15H16Cl2N2S. The summed E-state index contributed by atoms with van der Waals surface area (Å²) in [5.41, 5.74) is 8.15. The lowest BCUT2D eigenvalue weighted by atomic mass is 9.91. The number of aryl methyl sites for hydroxylation is 1. The molecule has 1 aromatic heterocycles. The van der Waals surface area contributed by atoms with Gasteiger partial charge in [0.2, 0.25) is 0 Å². The molecule has 20 heavy (non-hydrogen) atoms. The number of halogens is 2. The molecule has 5 heteroatoms. The summed E-state index contributed by atoms with van der Waals surface area (Å²) in [5, 5.41) is 2.50. The molecule has 0 bridgehead atoms. The second kappa shape index (κ2) is 6.02. The topological polar surface area (TPSA) is 38.9 Å². The smallest absolute Gasteiger partial charge is 0.0975 e. The number of fused-ring (bicyclic) bond motifs is 1. The van der Waals surface area contributed by atoms with Gasteiger partial charge in [-0.15, -0.1) is 11.3 Å². The van der Waals surface area contributed by atoms with Crippen LogP contribution in [0.25, 0.3) is 0 Å². The molecule has 1 heterocycles. The third-order valence-corrected chi connectivity index (χ3v) is 5.47. The van der Waals surface area contributed by atoms with Crippen LogP contribution in [0, 0.1) is 0 Å². The molecule has 2 nitrogen and oxygen atoms in total. The predicted molar refractivity (Wildman–Crippen MR) is 86.1 cm³/mol. The fourth-order valence-corrected chi connectivity index (χ4v) is 4.39. The van der Waals surface area contributed by atoms with E-state index in [1.165, 1.54) is 17.0 Å². The molecule has 2 aromatic rings. The van der Waals surface area contributed by atoms with E-state index in [4.69, 9.17) is 33.9 Å². The van der Waals surface area contributed by atoms with E-state index < -0.39 is 0 Å². The first kappa shape index (κ1) is 14.3. The summed E-state index contributed by atoms with van der Waals surface area (Å²) < 4.78 is 0. The Bertz CT molecular complexity index is 624. The third kappa shape index (κ3) is 2.86. The summed E-state index contributed by atoms with van der Waals surface area (Å²) in [6.45, 7) is 0.692. The van der Waals surface area contributed by atoms with E-state index in [0.717, 1.165) is 29.8 Å². The number of thiazole rings is 1. The highest BCUT2D eigenvalue weighted by Crippen LogP contribution is 2.35. The van der Waals surface area contributed by atoms with Crippen molar-refractivity contribution in [3.05, 3.63) is 49.4 Å². The minimum absolute atomic E-state index is 0.435. The summed E-state index contributed by atoms with van der Waals surface area (Å²) in [7, 11) is 0. The second-order valence-corrected chi connectivity index (χ2v) is 7.17. The van der Waals surface area contributed by atoms with Gasteiger partial charge in [0.1, 0.15) is 0 Å². The van der Waals surface area contributed by atoms with Gasteiger partial charge < -0.3 is 5.73 Å². The highest BCUT2D eigenvalue weighted by Gasteiger charge is 2.23. The molecule has 2 N–H and O–H groups in total. The minimum Gasteiger partial charge on any atom is -0.330 e. The largest absolute Gasteiger partial charge is 0.330 e. The zero-order valence-electron chi connectivity index (χ0n) is 11.0. The quantitative estimate of drug-likeness (QED) is 0.906. The van der Waals surface area contributed by atoms with Gasteiger partial charge in [0.15, 0.2) is 0 Å². The molecule has 0 fully saturated rings. The molecular weight excluding hydrogens is 311 g/mol. The third-order valence-electron chi connectivity index (χ3n) is 3.76. The molecule has 3 rings (SSSR count). The lowest BCUT2D eigenvalue weighted by Crippen LogP contribution is -2.17. The zero-order valence-corrected chi connectivity index (χ0v) is 13.4. The molecule has 0 amide bonds. The summed E-state index contributed by atoms with van der Waals surface area (Å²) in [4.78, 5) is 6.22. The lowest BCUT2D eigenvalue weighted by Gasteiger charge is -2.18. The van der Waals surface area contributed by atoms with Gasteiger partial charge >= 0.3 is 0 Å². The van der Waals surface area contributed by atoms with Gasteiger partial charge in [0.25, 0.3) is 0 Å². The average molecular weight is 327 g/mol. The minimum atomic E-state index is 0.435. The van der Waals surface area contributed by atoms with Crippen molar-refractivity contribution in [1.29, 1.82) is 0 Å². The van der Waals surface area contributed by atoms with Crippen molar-refractivity contribution in [2.24, 2.45) is 5.73 Å². The van der Waals surface area contributed by atoms with Crippen LogP contribution in [0.15, 0.2) is 18.2 Å². The highest BCUT2D eigenvalue weighted by atomic mass is 35.5. The number of benzene rings is 1. The molecule has 106 valence electrons. The Morgan fingerprint density at radius 3 is 2.95 bits per heavy atom. The molecule has 1 atom stereocenters. The summed E-state index contributed by atoms with van der Waals surface area (Å²) in [6, 6.07) is 5.64. The first-order valence-electron chi connectivity index (χ1n) is 6.80. The van der Waals surface area contributed by atoms with Crippen LogP contribution in [0.2, 0.25) is 10.0 Å². The molecule has 1 aromatic carbocycles. The van der Waals surface area contributed by atoms with Gasteiger partial charge in [-0.1, -0.05) is 29.3 Å². The first-order valence-corrected chi connectivity index (χ1v) is 8.37. The van der Waals surface area contributed by atoms with Crippen molar-refractivity contribution in [3.8, 4) is 0 Å². The van der Waals surface area contributed by atoms with Crippen LogP contribution < -0.4 is 5.73 Å². The number of aromatic nitrogens is 1. The Morgan fingerprint density at radius 2 is 2.20 bits per heavy atom. The maximum Gasteiger partial charge on any atom is 0.0975 e. The van der Waals surface area contributed by atoms with Gasteiger partial charge in [-0.05, 0) is 37.0 Å². The van der Waals surface area contributed by atoms with Gasteiger partial charge in [-0.3, -0.25) is 0 Å². The van der Waals surface area contributed by atoms with E-state index in [2.05, 4.69) is 0 Å². The van der Waals surface area contributed by atoms with Crippen molar-refractivity contribution < 1.29 is 0 Å². The molecule has 0 saturated heterocycles. The highest BCUT2D eigenvalue weighted by molar-refractivity contribution is 7.11. The van der Waals surface area contributed by atoms with E-state index in [0.29, 0.717) is 22.5 Å². The summed E-state index contributed by atoms with van der Waals surface area (Å²) in [5.74, 6) is 0.435. The van der Waals surface area contributed by atoms with Crippen LogP contribution in [0.1, 0.15) is 39.9 Å². The summed E-state index contributed by atoms with van der Waals surface area (Å²) in [6.07, 6.45) is 4.29. The molecule has 1 unspecified atom stereocenters. The van der Waals surface area contributed by atoms with E-state index in [1.54, 1.807) is 17.4 Å². The second-order valence-electron chi connectivity index (χ2n) is 5.15. The van der Waals surface area contributed by atoms with Crippen LogP contribution in [0.4, 0.5) is 0 Å². The Balaban J connectivity index is 1.87. The van der Waals surface area contributed by atoms with Gasteiger partial charge in [0, 0.05) is 33.8 Å².